The van der Waals surface area contributed by atoms with Crippen LogP contribution < -0.4 is 19.1 Å². The number of anilines is 2. The molecule has 0 bridgehead atoms. The summed E-state index contributed by atoms with van der Waals surface area (Å²) in [7, 11) is -0.981. The van der Waals surface area contributed by atoms with Gasteiger partial charge in [0.1, 0.15) is 4.90 Å². The third kappa shape index (κ3) is 4.03. The van der Waals surface area contributed by atoms with Gasteiger partial charge in [-0.05, 0) is 46.6 Å². The third-order valence-corrected chi connectivity index (χ3v) is 6.55. The normalized spacial score (nSPS) is 14.3. The summed E-state index contributed by atoms with van der Waals surface area (Å²) < 4.78 is 39.0. The van der Waals surface area contributed by atoms with E-state index in [9.17, 15) is 13.2 Å². The average molecular weight is 455 g/mol. The molecule has 0 atom stereocenters. The van der Waals surface area contributed by atoms with Gasteiger partial charge in [0.25, 0.3) is 10.0 Å². The molecule has 1 N–H and O–H groups in total. The Morgan fingerprint density at radius 1 is 1.11 bits per heavy atom. The number of rotatable bonds is 6. The lowest BCUT2D eigenvalue weighted by atomic mass is 10.2. The number of ether oxygens (including phenoxy) is 2. The van der Waals surface area contributed by atoms with E-state index in [4.69, 9.17) is 9.47 Å². The standard InChI is InChI=1S/C18H19BrN2O5S/c1-25-15-10-14(19)17(11-16(15)26-2)27(23,24)20-12-5-3-6-13(9-12)21-8-4-7-18(21)22/h3,5-6,9-11,20H,4,7-8H2,1-2H3. The quantitative estimate of drug-likeness (QED) is 0.722. The fraction of sp³-hybridized carbons (Fsp3) is 0.278. The number of hydrogen-bond acceptors (Lipinski definition) is 5. The molecule has 9 heteroatoms. The highest BCUT2D eigenvalue weighted by atomic mass is 79.9. The largest absolute Gasteiger partial charge is 0.493 e. The van der Waals surface area contributed by atoms with Crippen LogP contribution in [0.25, 0.3) is 0 Å². The van der Waals surface area contributed by atoms with Crippen LogP contribution in [-0.4, -0.2) is 35.1 Å². The first kappa shape index (κ1) is 19.5. The fourth-order valence-electron chi connectivity index (χ4n) is 2.91. The molecule has 0 saturated carbocycles. The number of halogens is 1. The molecule has 27 heavy (non-hydrogen) atoms. The molecule has 1 saturated heterocycles. The maximum Gasteiger partial charge on any atom is 0.263 e. The van der Waals surface area contributed by atoms with Crippen LogP contribution >= 0.6 is 15.9 Å². The van der Waals surface area contributed by atoms with Crippen LogP contribution in [-0.2, 0) is 14.8 Å². The van der Waals surface area contributed by atoms with E-state index in [0.717, 1.165) is 6.42 Å². The maximum atomic E-state index is 12.9. The van der Waals surface area contributed by atoms with Crippen LogP contribution in [0.4, 0.5) is 11.4 Å². The average Bonchev–Trinajstić information content (AvgIpc) is 3.07. The van der Waals surface area contributed by atoms with Gasteiger partial charge in [0, 0.05) is 29.2 Å². The second-order valence-corrected chi connectivity index (χ2v) is 8.45. The Kier molecular flexibility index (Phi) is 5.61. The zero-order chi connectivity index (χ0) is 19.6. The molecule has 2 aromatic rings. The highest BCUT2D eigenvalue weighted by molar-refractivity contribution is 9.10. The number of benzene rings is 2. The molecule has 3 rings (SSSR count). The molecule has 0 radical (unpaired) electrons. The van der Waals surface area contributed by atoms with Gasteiger partial charge in [-0.15, -0.1) is 0 Å². The molecule has 0 aromatic heterocycles. The van der Waals surface area contributed by atoms with Gasteiger partial charge in [0.15, 0.2) is 11.5 Å². The zero-order valence-corrected chi connectivity index (χ0v) is 17.3. The second kappa shape index (κ2) is 7.77. The molecule has 1 heterocycles. The maximum absolute atomic E-state index is 12.9. The van der Waals surface area contributed by atoms with Crippen molar-refractivity contribution in [3.8, 4) is 11.5 Å². The summed E-state index contributed by atoms with van der Waals surface area (Å²) in [5.41, 5.74) is 1.04. The molecule has 0 spiro atoms. The third-order valence-electron chi connectivity index (χ3n) is 4.21. The van der Waals surface area contributed by atoms with Gasteiger partial charge < -0.3 is 14.4 Å². The van der Waals surface area contributed by atoms with Gasteiger partial charge in [-0.1, -0.05) is 6.07 Å². The minimum atomic E-state index is -3.89. The molecule has 1 fully saturated rings. The lowest BCUT2D eigenvalue weighted by molar-refractivity contribution is -0.117. The van der Waals surface area contributed by atoms with E-state index in [2.05, 4.69) is 20.7 Å². The van der Waals surface area contributed by atoms with Crippen molar-refractivity contribution in [2.24, 2.45) is 0 Å². The van der Waals surface area contributed by atoms with E-state index in [0.29, 0.717) is 40.3 Å². The predicted octanol–water partition coefficient (Wildman–Crippen LogP) is 3.39. The van der Waals surface area contributed by atoms with Gasteiger partial charge in [-0.25, -0.2) is 8.42 Å². The van der Waals surface area contributed by atoms with Crippen molar-refractivity contribution in [3.63, 3.8) is 0 Å². The molecule has 2 aromatic carbocycles. The first-order valence-corrected chi connectivity index (χ1v) is 10.5. The monoisotopic (exact) mass is 454 g/mol. The number of carbonyl (C=O) groups excluding carboxylic acids is 1. The summed E-state index contributed by atoms with van der Waals surface area (Å²) in [6.07, 6.45) is 1.31. The Balaban J connectivity index is 1.92. The summed E-state index contributed by atoms with van der Waals surface area (Å²) in [6, 6.07) is 9.70. The number of nitrogens with one attached hydrogen (secondary N) is 1. The van der Waals surface area contributed by atoms with E-state index < -0.39 is 10.0 Å². The molecular weight excluding hydrogens is 436 g/mol. The zero-order valence-electron chi connectivity index (χ0n) is 14.9. The van der Waals surface area contributed by atoms with Gasteiger partial charge in [-0.3, -0.25) is 9.52 Å². The molecule has 1 amide bonds. The number of hydrogen-bond donors (Lipinski definition) is 1. The molecule has 1 aliphatic rings. The Morgan fingerprint density at radius 2 is 1.81 bits per heavy atom. The Bertz CT molecular complexity index is 978. The predicted molar refractivity (Wildman–Crippen MR) is 106 cm³/mol. The SMILES string of the molecule is COc1cc(Br)c(S(=O)(=O)Nc2cccc(N3CCCC3=O)c2)cc1OC. The number of amides is 1. The molecule has 0 unspecified atom stereocenters. The van der Waals surface area contributed by atoms with Crippen LogP contribution in [0.3, 0.4) is 0 Å². The van der Waals surface area contributed by atoms with Crippen molar-refractivity contribution >= 4 is 43.2 Å². The van der Waals surface area contributed by atoms with Crippen molar-refractivity contribution < 1.29 is 22.7 Å². The highest BCUT2D eigenvalue weighted by Crippen LogP contribution is 2.36. The first-order chi connectivity index (χ1) is 12.9. The number of nitrogens with zero attached hydrogens (tertiary/aromatic N) is 1. The smallest absolute Gasteiger partial charge is 0.263 e. The van der Waals surface area contributed by atoms with E-state index in [1.165, 1.54) is 26.4 Å². The van der Waals surface area contributed by atoms with Crippen molar-refractivity contribution in [1.29, 1.82) is 0 Å². The number of sulfonamides is 1. The van der Waals surface area contributed by atoms with Gasteiger partial charge in [0.2, 0.25) is 5.91 Å². The lowest BCUT2D eigenvalue weighted by Gasteiger charge is -2.17. The molecule has 144 valence electrons. The first-order valence-electron chi connectivity index (χ1n) is 8.20. The summed E-state index contributed by atoms with van der Waals surface area (Å²) >= 11 is 3.27. The van der Waals surface area contributed by atoms with Crippen molar-refractivity contribution in [3.05, 3.63) is 40.9 Å². The Labute approximate surface area is 166 Å². The van der Waals surface area contributed by atoms with E-state index in [-0.39, 0.29) is 10.8 Å². The molecule has 1 aliphatic heterocycles. The minimum Gasteiger partial charge on any atom is -0.493 e. The Hall–Kier alpha value is -2.26. The number of methoxy groups -OCH3 is 2. The van der Waals surface area contributed by atoms with Crippen LogP contribution in [0.2, 0.25) is 0 Å². The molecular formula is C18H19BrN2O5S. The van der Waals surface area contributed by atoms with Crippen molar-refractivity contribution in [1.82, 2.24) is 0 Å². The van der Waals surface area contributed by atoms with Gasteiger partial charge in [-0.2, -0.15) is 0 Å². The molecule has 7 nitrogen and oxygen atoms in total. The van der Waals surface area contributed by atoms with E-state index in [1.807, 2.05) is 0 Å². The van der Waals surface area contributed by atoms with E-state index >= 15 is 0 Å². The number of carbonyl (C=O) groups is 1. The van der Waals surface area contributed by atoms with Crippen LogP contribution in [0, 0.1) is 0 Å². The Morgan fingerprint density at radius 3 is 2.44 bits per heavy atom. The summed E-state index contributed by atoms with van der Waals surface area (Å²) in [4.78, 5) is 13.6. The second-order valence-electron chi connectivity index (χ2n) is 5.94. The van der Waals surface area contributed by atoms with Crippen molar-refractivity contribution in [2.75, 3.05) is 30.4 Å². The summed E-state index contributed by atoms with van der Waals surface area (Å²) in [5, 5.41) is 0. The van der Waals surface area contributed by atoms with Crippen LogP contribution in [0.15, 0.2) is 45.8 Å². The molecule has 0 aliphatic carbocycles. The van der Waals surface area contributed by atoms with Gasteiger partial charge in [0.05, 0.1) is 19.9 Å². The lowest BCUT2D eigenvalue weighted by Crippen LogP contribution is -2.23. The van der Waals surface area contributed by atoms with E-state index in [1.54, 1.807) is 29.2 Å². The van der Waals surface area contributed by atoms with Crippen LogP contribution in [0.5, 0.6) is 11.5 Å². The highest BCUT2D eigenvalue weighted by Gasteiger charge is 2.24. The fourth-order valence-corrected chi connectivity index (χ4v) is 5.00. The summed E-state index contributed by atoms with van der Waals surface area (Å²) in [5.74, 6) is 0.757. The topological polar surface area (TPSA) is 84.9 Å². The van der Waals surface area contributed by atoms with Crippen LogP contribution in [0.1, 0.15) is 12.8 Å². The minimum absolute atomic E-state index is 0.0165. The van der Waals surface area contributed by atoms with Crippen molar-refractivity contribution in [2.45, 2.75) is 17.7 Å². The summed E-state index contributed by atoms with van der Waals surface area (Å²) in [6.45, 7) is 0.635. The van der Waals surface area contributed by atoms with Gasteiger partial charge >= 0.3 is 0 Å².